The molecule has 1 aromatic carbocycles. The van der Waals surface area contributed by atoms with Gasteiger partial charge < -0.3 is 19.5 Å². The van der Waals surface area contributed by atoms with Gasteiger partial charge in [0.1, 0.15) is 11.5 Å². The van der Waals surface area contributed by atoms with Crippen LogP contribution in [0.1, 0.15) is 12.8 Å². The predicted molar refractivity (Wildman–Crippen MR) is 87.1 cm³/mol. The highest BCUT2D eigenvalue weighted by Gasteiger charge is 2.04. The average Bonchev–Trinajstić information content (AvgIpc) is 2.60. The Balaban J connectivity index is 1.67. The molecule has 1 heterocycles. The normalized spacial score (nSPS) is 10.0. The lowest BCUT2D eigenvalue weighted by molar-refractivity contribution is -0.116. The lowest BCUT2D eigenvalue weighted by Crippen LogP contribution is -2.13. The summed E-state index contributed by atoms with van der Waals surface area (Å²) in [4.78, 5) is 15.8. The number of pyridine rings is 1. The Labute approximate surface area is 135 Å². The molecule has 1 amide bonds. The van der Waals surface area contributed by atoms with Gasteiger partial charge in [-0.05, 0) is 36.8 Å². The molecule has 0 fully saturated rings. The van der Waals surface area contributed by atoms with Crippen molar-refractivity contribution in [3.8, 4) is 17.4 Å². The van der Waals surface area contributed by atoms with E-state index in [4.69, 9.17) is 14.2 Å². The zero-order valence-corrected chi connectivity index (χ0v) is 13.2. The molecule has 0 atom stereocenters. The minimum atomic E-state index is -0.0738. The number of hydrogen-bond acceptors (Lipinski definition) is 5. The van der Waals surface area contributed by atoms with Gasteiger partial charge in [-0.3, -0.25) is 4.79 Å². The second-order valence-electron chi connectivity index (χ2n) is 4.76. The monoisotopic (exact) mass is 316 g/mol. The number of aromatic nitrogens is 1. The van der Waals surface area contributed by atoms with Crippen molar-refractivity contribution in [1.29, 1.82) is 0 Å². The number of anilines is 1. The fraction of sp³-hybridized carbons (Fsp3) is 0.294. The van der Waals surface area contributed by atoms with Gasteiger partial charge in [0.25, 0.3) is 0 Å². The van der Waals surface area contributed by atoms with Crippen molar-refractivity contribution in [3.05, 3.63) is 42.6 Å². The molecule has 0 unspecified atom stereocenters. The number of benzene rings is 1. The first-order valence-electron chi connectivity index (χ1n) is 7.28. The van der Waals surface area contributed by atoms with Gasteiger partial charge in [-0.25, -0.2) is 4.98 Å². The van der Waals surface area contributed by atoms with E-state index in [1.807, 2.05) is 24.3 Å². The summed E-state index contributed by atoms with van der Waals surface area (Å²) in [6.07, 6.45) is 2.56. The molecule has 1 aromatic heterocycles. The van der Waals surface area contributed by atoms with Crippen molar-refractivity contribution in [1.82, 2.24) is 4.98 Å². The van der Waals surface area contributed by atoms with Crippen LogP contribution in [-0.4, -0.2) is 31.7 Å². The molecule has 0 aliphatic carbocycles. The van der Waals surface area contributed by atoms with E-state index in [9.17, 15) is 4.79 Å². The second kappa shape index (κ2) is 8.63. The smallest absolute Gasteiger partial charge is 0.224 e. The summed E-state index contributed by atoms with van der Waals surface area (Å²) in [5.41, 5.74) is 0.645. The Morgan fingerprint density at radius 1 is 1.04 bits per heavy atom. The van der Waals surface area contributed by atoms with Gasteiger partial charge in [0.15, 0.2) is 0 Å². The Morgan fingerprint density at radius 3 is 2.39 bits per heavy atom. The van der Waals surface area contributed by atoms with Crippen molar-refractivity contribution in [2.45, 2.75) is 12.8 Å². The van der Waals surface area contributed by atoms with Crippen molar-refractivity contribution in [2.75, 3.05) is 26.1 Å². The van der Waals surface area contributed by atoms with E-state index < -0.39 is 0 Å². The fourth-order valence-corrected chi connectivity index (χ4v) is 1.89. The SMILES string of the molecule is COc1ccc(OCCCC(=O)Nc2ccc(OC)nc2)cc1. The number of nitrogens with one attached hydrogen (secondary N) is 1. The number of amides is 1. The zero-order valence-electron chi connectivity index (χ0n) is 13.2. The van der Waals surface area contributed by atoms with Gasteiger partial charge in [-0.2, -0.15) is 0 Å². The third-order valence-electron chi connectivity index (χ3n) is 3.11. The number of ether oxygens (including phenoxy) is 3. The molecule has 0 saturated heterocycles. The van der Waals surface area contributed by atoms with Crippen molar-refractivity contribution in [3.63, 3.8) is 0 Å². The van der Waals surface area contributed by atoms with Crippen LogP contribution in [0.4, 0.5) is 5.69 Å². The molecular weight excluding hydrogens is 296 g/mol. The zero-order chi connectivity index (χ0) is 16.5. The highest BCUT2D eigenvalue weighted by Crippen LogP contribution is 2.17. The summed E-state index contributed by atoms with van der Waals surface area (Å²) < 4.78 is 15.6. The van der Waals surface area contributed by atoms with Gasteiger partial charge >= 0.3 is 0 Å². The quantitative estimate of drug-likeness (QED) is 0.758. The van der Waals surface area contributed by atoms with Crippen molar-refractivity contribution < 1.29 is 19.0 Å². The molecule has 6 heteroatoms. The molecular formula is C17H20N2O4. The van der Waals surface area contributed by atoms with Crippen LogP contribution in [0.3, 0.4) is 0 Å². The second-order valence-corrected chi connectivity index (χ2v) is 4.76. The minimum absolute atomic E-state index is 0.0738. The van der Waals surface area contributed by atoms with Crippen LogP contribution in [0, 0.1) is 0 Å². The van der Waals surface area contributed by atoms with Crippen LogP contribution in [0.5, 0.6) is 17.4 Å². The first kappa shape index (κ1) is 16.6. The molecule has 0 aliphatic rings. The van der Waals surface area contributed by atoms with E-state index in [0.29, 0.717) is 31.0 Å². The molecule has 0 saturated carbocycles. The molecule has 0 bridgehead atoms. The van der Waals surface area contributed by atoms with Crippen LogP contribution >= 0.6 is 0 Å². The van der Waals surface area contributed by atoms with E-state index in [0.717, 1.165) is 11.5 Å². The van der Waals surface area contributed by atoms with Crippen LogP contribution in [0.15, 0.2) is 42.6 Å². The summed E-state index contributed by atoms with van der Waals surface area (Å²) in [6.45, 7) is 0.473. The number of carbonyl (C=O) groups excluding carboxylic acids is 1. The van der Waals surface area contributed by atoms with E-state index in [2.05, 4.69) is 10.3 Å². The van der Waals surface area contributed by atoms with E-state index in [1.165, 1.54) is 0 Å². The van der Waals surface area contributed by atoms with Crippen LogP contribution < -0.4 is 19.5 Å². The van der Waals surface area contributed by atoms with Gasteiger partial charge in [0, 0.05) is 12.5 Å². The first-order chi connectivity index (χ1) is 11.2. The minimum Gasteiger partial charge on any atom is -0.497 e. The number of carbonyl (C=O) groups is 1. The summed E-state index contributed by atoms with van der Waals surface area (Å²) in [6, 6.07) is 10.8. The third-order valence-corrected chi connectivity index (χ3v) is 3.11. The maximum Gasteiger partial charge on any atom is 0.224 e. The standard InChI is InChI=1S/C17H20N2O4/c1-21-14-6-8-15(9-7-14)23-11-3-4-16(20)19-13-5-10-17(22-2)18-12-13/h5-10,12H,3-4,11H2,1-2H3,(H,19,20). The van der Waals surface area contributed by atoms with Gasteiger partial charge in [0.05, 0.1) is 32.7 Å². The maximum atomic E-state index is 11.8. The molecule has 2 aromatic rings. The van der Waals surface area contributed by atoms with Gasteiger partial charge in [0.2, 0.25) is 11.8 Å². The fourth-order valence-electron chi connectivity index (χ4n) is 1.89. The Kier molecular flexibility index (Phi) is 6.23. The number of hydrogen-bond donors (Lipinski definition) is 1. The molecule has 23 heavy (non-hydrogen) atoms. The first-order valence-corrected chi connectivity index (χ1v) is 7.28. The largest absolute Gasteiger partial charge is 0.497 e. The summed E-state index contributed by atoms with van der Waals surface area (Å²) >= 11 is 0. The summed E-state index contributed by atoms with van der Waals surface area (Å²) in [7, 11) is 3.16. The van der Waals surface area contributed by atoms with Crippen LogP contribution in [0.2, 0.25) is 0 Å². The molecule has 0 radical (unpaired) electrons. The van der Waals surface area contributed by atoms with Crippen LogP contribution in [-0.2, 0) is 4.79 Å². The number of nitrogens with zero attached hydrogens (tertiary/aromatic N) is 1. The van der Waals surface area contributed by atoms with Gasteiger partial charge in [-0.15, -0.1) is 0 Å². The van der Waals surface area contributed by atoms with E-state index in [-0.39, 0.29) is 5.91 Å². The van der Waals surface area contributed by atoms with E-state index >= 15 is 0 Å². The molecule has 0 aliphatic heterocycles. The Hall–Kier alpha value is -2.76. The summed E-state index contributed by atoms with van der Waals surface area (Å²) in [5.74, 6) is 1.97. The highest BCUT2D eigenvalue weighted by atomic mass is 16.5. The molecule has 2 rings (SSSR count). The van der Waals surface area contributed by atoms with Crippen molar-refractivity contribution >= 4 is 11.6 Å². The topological polar surface area (TPSA) is 69.7 Å². The molecule has 1 N–H and O–H groups in total. The average molecular weight is 316 g/mol. The number of methoxy groups -OCH3 is 2. The van der Waals surface area contributed by atoms with Crippen molar-refractivity contribution in [2.24, 2.45) is 0 Å². The Morgan fingerprint density at radius 2 is 1.78 bits per heavy atom. The lowest BCUT2D eigenvalue weighted by Gasteiger charge is -2.08. The predicted octanol–water partition coefficient (Wildman–Crippen LogP) is 2.90. The van der Waals surface area contributed by atoms with E-state index in [1.54, 1.807) is 32.5 Å². The lowest BCUT2D eigenvalue weighted by atomic mass is 10.3. The molecule has 6 nitrogen and oxygen atoms in total. The Bertz CT molecular complexity index is 611. The molecule has 0 spiro atoms. The molecule has 122 valence electrons. The maximum absolute atomic E-state index is 11.8. The van der Waals surface area contributed by atoms with Crippen LogP contribution in [0.25, 0.3) is 0 Å². The highest BCUT2D eigenvalue weighted by molar-refractivity contribution is 5.90. The van der Waals surface area contributed by atoms with Gasteiger partial charge in [-0.1, -0.05) is 0 Å². The third kappa shape index (κ3) is 5.50. The summed E-state index contributed by atoms with van der Waals surface area (Å²) in [5, 5.41) is 2.78. The number of rotatable bonds is 8.